The molecule has 2 aromatic heterocycles. The number of hydrogen-bond donors (Lipinski definition) is 0. The van der Waals surface area contributed by atoms with Crippen molar-refractivity contribution in [2.45, 2.75) is 38.9 Å². The summed E-state index contributed by atoms with van der Waals surface area (Å²) in [6.45, 7) is 11.1. The Kier molecular flexibility index (Phi) is 5.40. The molecule has 2 aromatic rings. The highest BCUT2D eigenvalue weighted by Gasteiger charge is 2.21. The smallest absolute Gasteiger partial charge is 0.189 e. The average molecular weight is 347 g/mol. The van der Waals surface area contributed by atoms with E-state index in [2.05, 4.69) is 37.9 Å². The molecule has 0 spiro atoms. The van der Waals surface area contributed by atoms with Gasteiger partial charge in [-0.3, -0.25) is 4.90 Å². The van der Waals surface area contributed by atoms with Crippen molar-refractivity contribution in [3.63, 3.8) is 0 Å². The highest BCUT2D eigenvalue weighted by Crippen LogP contribution is 2.21. The second-order valence-corrected chi connectivity index (χ2v) is 6.90. The second-order valence-electron chi connectivity index (χ2n) is 6.12. The molecule has 0 aromatic carbocycles. The normalized spacial score (nSPS) is 15.9. The molecule has 1 aliphatic rings. The van der Waals surface area contributed by atoms with Crippen LogP contribution in [0.3, 0.4) is 0 Å². The third-order valence-corrected chi connectivity index (χ3v) is 5.10. The fourth-order valence-electron chi connectivity index (χ4n) is 2.98. The molecule has 0 atom stereocenters. The summed E-state index contributed by atoms with van der Waals surface area (Å²) in [5.74, 6) is 1.99. The van der Waals surface area contributed by atoms with Gasteiger partial charge in [0, 0.05) is 50.0 Å². The van der Waals surface area contributed by atoms with Gasteiger partial charge < -0.3 is 9.42 Å². The van der Waals surface area contributed by atoms with E-state index in [1.54, 1.807) is 11.8 Å². The standard InChI is InChI=1S/C17H25N5OS/c1-5-14-10-16(19-17(18-14)24-4)22-8-6-21(7-9-22)11-15-12(2)20-23-13(15)3/h10H,5-9,11H2,1-4H3. The minimum atomic E-state index is 0.863. The summed E-state index contributed by atoms with van der Waals surface area (Å²) in [6.07, 6.45) is 2.97. The summed E-state index contributed by atoms with van der Waals surface area (Å²) in [4.78, 5) is 14.1. The van der Waals surface area contributed by atoms with Crippen molar-refractivity contribution in [2.24, 2.45) is 0 Å². The maximum atomic E-state index is 5.27. The van der Waals surface area contributed by atoms with Gasteiger partial charge in [-0.25, -0.2) is 9.97 Å². The van der Waals surface area contributed by atoms with Gasteiger partial charge >= 0.3 is 0 Å². The van der Waals surface area contributed by atoms with Gasteiger partial charge in [-0.05, 0) is 26.5 Å². The predicted molar refractivity (Wildman–Crippen MR) is 96.7 cm³/mol. The van der Waals surface area contributed by atoms with Crippen LogP contribution in [0, 0.1) is 13.8 Å². The number of piperazine rings is 1. The Bertz CT molecular complexity index is 653. The van der Waals surface area contributed by atoms with Crippen LogP contribution in [0.5, 0.6) is 0 Å². The van der Waals surface area contributed by atoms with Crippen molar-refractivity contribution in [3.05, 3.63) is 28.8 Å². The van der Waals surface area contributed by atoms with Crippen LogP contribution in [0.1, 0.15) is 29.6 Å². The third kappa shape index (κ3) is 3.72. The van der Waals surface area contributed by atoms with Gasteiger partial charge in [0.15, 0.2) is 5.16 Å². The van der Waals surface area contributed by atoms with E-state index < -0.39 is 0 Å². The average Bonchev–Trinajstić information content (AvgIpc) is 2.93. The van der Waals surface area contributed by atoms with E-state index in [-0.39, 0.29) is 0 Å². The monoisotopic (exact) mass is 347 g/mol. The molecule has 0 bridgehead atoms. The molecule has 130 valence electrons. The van der Waals surface area contributed by atoms with Gasteiger partial charge in [-0.15, -0.1) is 0 Å². The molecule has 0 amide bonds. The molecule has 0 aliphatic carbocycles. The Morgan fingerprint density at radius 1 is 1.17 bits per heavy atom. The SMILES string of the molecule is CCc1cc(N2CCN(Cc3c(C)noc3C)CC2)nc(SC)n1. The highest BCUT2D eigenvalue weighted by atomic mass is 32.2. The van der Waals surface area contributed by atoms with Crippen molar-refractivity contribution in [2.75, 3.05) is 37.3 Å². The summed E-state index contributed by atoms with van der Waals surface area (Å²) < 4.78 is 5.27. The van der Waals surface area contributed by atoms with Crippen LogP contribution in [0.2, 0.25) is 0 Å². The van der Waals surface area contributed by atoms with Gasteiger partial charge in [-0.2, -0.15) is 0 Å². The molecular formula is C17H25N5OS. The Morgan fingerprint density at radius 2 is 1.92 bits per heavy atom. The van der Waals surface area contributed by atoms with Crippen molar-refractivity contribution in [1.29, 1.82) is 0 Å². The molecule has 7 heteroatoms. The Hall–Kier alpha value is -1.60. The topological polar surface area (TPSA) is 58.3 Å². The van der Waals surface area contributed by atoms with E-state index in [9.17, 15) is 0 Å². The molecule has 1 fully saturated rings. The fraction of sp³-hybridized carbons (Fsp3) is 0.588. The van der Waals surface area contributed by atoms with Gasteiger partial charge in [-0.1, -0.05) is 23.8 Å². The first-order valence-electron chi connectivity index (χ1n) is 8.41. The van der Waals surface area contributed by atoms with E-state index >= 15 is 0 Å². The maximum Gasteiger partial charge on any atom is 0.189 e. The number of aryl methyl sites for hydroxylation is 3. The summed E-state index contributed by atoms with van der Waals surface area (Å²) in [7, 11) is 0. The summed E-state index contributed by atoms with van der Waals surface area (Å²) >= 11 is 1.61. The molecule has 3 heterocycles. The predicted octanol–water partition coefficient (Wildman–Crippen LogP) is 2.69. The molecule has 0 radical (unpaired) electrons. The van der Waals surface area contributed by atoms with Crippen molar-refractivity contribution < 1.29 is 4.52 Å². The van der Waals surface area contributed by atoms with E-state index in [1.165, 1.54) is 5.56 Å². The number of rotatable bonds is 5. The van der Waals surface area contributed by atoms with Crippen LogP contribution in [-0.4, -0.2) is 52.5 Å². The van der Waals surface area contributed by atoms with Crippen LogP contribution in [0.15, 0.2) is 15.7 Å². The molecule has 3 rings (SSSR count). The Balaban J connectivity index is 1.65. The van der Waals surface area contributed by atoms with E-state index in [4.69, 9.17) is 4.52 Å². The number of aromatic nitrogens is 3. The Labute approximate surface area is 147 Å². The van der Waals surface area contributed by atoms with Gasteiger partial charge in [0.25, 0.3) is 0 Å². The van der Waals surface area contributed by atoms with Crippen molar-refractivity contribution in [1.82, 2.24) is 20.0 Å². The lowest BCUT2D eigenvalue weighted by molar-refractivity contribution is 0.247. The molecule has 0 N–H and O–H groups in total. The molecule has 0 saturated carbocycles. The van der Waals surface area contributed by atoms with Gasteiger partial charge in [0.05, 0.1) is 5.69 Å². The number of hydrogen-bond acceptors (Lipinski definition) is 7. The number of anilines is 1. The van der Waals surface area contributed by atoms with Crippen LogP contribution in [0.4, 0.5) is 5.82 Å². The van der Waals surface area contributed by atoms with E-state index in [0.717, 1.165) is 67.3 Å². The van der Waals surface area contributed by atoms with Crippen molar-refractivity contribution in [3.8, 4) is 0 Å². The molecule has 1 saturated heterocycles. The fourth-order valence-corrected chi connectivity index (χ4v) is 3.37. The first-order chi connectivity index (χ1) is 11.6. The van der Waals surface area contributed by atoms with Crippen LogP contribution in [-0.2, 0) is 13.0 Å². The van der Waals surface area contributed by atoms with Crippen LogP contribution in [0.25, 0.3) is 0 Å². The first-order valence-corrected chi connectivity index (χ1v) is 9.64. The van der Waals surface area contributed by atoms with Crippen LogP contribution < -0.4 is 4.90 Å². The third-order valence-electron chi connectivity index (χ3n) is 4.55. The minimum absolute atomic E-state index is 0.863. The maximum absolute atomic E-state index is 5.27. The van der Waals surface area contributed by atoms with Crippen molar-refractivity contribution >= 4 is 17.6 Å². The lowest BCUT2D eigenvalue weighted by Crippen LogP contribution is -2.46. The number of thioether (sulfide) groups is 1. The zero-order chi connectivity index (χ0) is 17.1. The highest BCUT2D eigenvalue weighted by molar-refractivity contribution is 7.98. The van der Waals surface area contributed by atoms with Crippen LogP contribution >= 0.6 is 11.8 Å². The lowest BCUT2D eigenvalue weighted by atomic mass is 10.2. The summed E-state index contributed by atoms with van der Waals surface area (Å²) in [6, 6.07) is 2.13. The zero-order valence-corrected chi connectivity index (χ0v) is 15.7. The van der Waals surface area contributed by atoms with Gasteiger partial charge in [0.1, 0.15) is 11.6 Å². The van der Waals surface area contributed by atoms with Gasteiger partial charge in [0.2, 0.25) is 0 Å². The lowest BCUT2D eigenvalue weighted by Gasteiger charge is -2.35. The molecule has 0 unspecified atom stereocenters. The Morgan fingerprint density at radius 3 is 2.50 bits per heavy atom. The largest absolute Gasteiger partial charge is 0.361 e. The summed E-state index contributed by atoms with van der Waals surface area (Å²) in [5.41, 5.74) is 3.34. The number of nitrogens with zero attached hydrogens (tertiary/aromatic N) is 5. The zero-order valence-electron chi connectivity index (χ0n) is 14.9. The minimum Gasteiger partial charge on any atom is -0.361 e. The first kappa shape index (κ1) is 17.2. The van der Waals surface area contributed by atoms with E-state index in [1.807, 2.05) is 20.1 Å². The second kappa shape index (κ2) is 7.53. The van der Waals surface area contributed by atoms with E-state index in [0.29, 0.717) is 0 Å². The molecule has 24 heavy (non-hydrogen) atoms. The molecule has 6 nitrogen and oxygen atoms in total. The molecule has 1 aliphatic heterocycles. The quantitative estimate of drug-likeness (QED) is 0.609. The molecular weight excluding hydrogens is 322 g/mol. The summed E-state index contributed by atoms with van der Waals surface area (Å²) in [5, 5.41) is 4.91.